The molecule has 0 atom stereocenters. The molecule has 222 valence electrons. The van der Waals surface area contributed by atoms with Gasteiger partial charge in [-0.25, -0.2) is 4.98 Å². The predicted octanol–water partition coefficient (Wildman–Crippen LogP) is 11.6. The molecular formula is C39H49NO2. The highest BCUT2D eigenvalue weighted by atomic mass is 16.5. The number of unbranched alkanes of at least 4 members (excludes halogenated alkanes) is 10. The molecular weight excluding hydrogens is 514 g/mol. The normalized spacial score (nSPS) is 11.0. The van der Waals surface area contributed by atoms with Crippen molar-refractivity contribution < 1.29 is 9.47 Å². The van der Waals surface area contributed by atoms with Crippen LogP contribution in [0.3, 0.4) is 0 Å². The van der Waals surface area contributed by atoms with Crippen LogP contribution in [0.25, 0.3) is 33.6 Å². The van der Waals surface area contributed by atoms with Crippen molar-refractivity contribution in [1.82, 2.24) is 4.98 Å². The Hall–Kier alpha value is -3.59. The number of hydrogen-bond acceptors (Lipinski definition) is 3. The molecule has 0 aliphatic rings. The summed E-state index contributed by atoms with van der Waals surface area (Å²) in [5, 5.41) is 0. The van der Waals surface area contributed by atoms with Gasteiger partial charge < -0.3 is 9.47 Å². The van der Waals surface area contributed by atoms with Crippen LogP contribution in [0.15, 0.2) is 91.0 Å². The van der Waals surface area contributed by atoms with Crippen molar-refractivity contribution in [3.8, 4) is 45.1 Å². The first kappa shape index (κ1) is 31.3. The fraction of sp³-hybridized carbons (Fsp3) is 0.410. The molecule has 0 aliphatic heterocycles. The summed E-state index contributed by atoms with van der Waals surface area (Å²) < 4.78 is 12.1. The second-order valence-electron chi connectivity index (χ2n) is 11.3. The van der Waals surface area contributed by atoms with E-state index >= 15 is 0 Å². The van der Waals surface area contributed by atoms with Crippen molar-refractivity contribution in [2.45, 2.75) is 90.9 Å². The molecule has 4 aromatic rings. The van der Waals surface area contributed by atoms with Gasteiger partial charge in [-0.1, -0.05) is 108 Å². The Balaban J connectivity index is 1.42. The molecule has 1 heterocycles. The van der Waals surface area contributed by atoms with E-state index in [1.807, 2.05) is 0 Å². The highest BCUT2D eigenvalue weighted by molar-refractivity contribution is 5.76. The number of aromatic nitrogens is 1. The Bertz CT molecular complexity index is 1200. The third-order valence-corrected chi connectivity index (χ3v) is 7.77. The minimum Gasteiger partial charge on any atom is -0.494 e. The number of benzene rings is 3. The van der Waals surface area contributed by atoms with Gasteiger partial charge in [0.05, 0.1) is 24.6 Å². The summed E-state index contributed by atoms with van der Waals surface area (Å²) in [6, 6.07) is 31.7. The fourth-order valence-corrected chi connectivity index (χ4v) is 5.21. The highest BCUT2D eigenvalue weighted by Gasteiger charge is 2.10. The standard InChI is InChI=1S/C39H49NO2/c1-3-5-7-9-11-16-28-41-36-24-20-33(21-25-36)38-30-35(32-18-14-13-15-19-32)31-39(40-38)34-22-26-37(27-23-34)42-29-17-12-10-8-6-4-2/h13-15,18-27,30-31H,3-12,16-17,28-29H2,1-2H3. The van der Waals surface area contributed by atoms with Gasteiger partial charge in [0.15, 0.2) is 0 Å². The zero-order valence-electron chi connectivity index (χ0n) is 25.8. The molecule has 0 N–H and O–H groups in total. The molecule has 0 radical (unpaired) electrons. The summed E-state index contributed by atoms with van der Waals surface area (Å²) in [5.74, 6) is 1.84. The van der Waals surface area contributed by atoms with Crippen LogP contribution in [-0.2, 0) is 0 Å². The van der Waals surface area contributed by atoms with Gasteiger partial charge in [0.1, 0.15) is 11.5 Å². The average molecular weight is 564 g/mol. The van der Waals surface area contributed by atoms with E-state index in [2.05, 4.69) is 105 Å². The molecule has 0 aliphatic carbocycles. The van der Waals surface area contributed by atoms with Gasteiger partial charge in [-0.3, -0.25) is 0 Å². The summed E-state index contributed by atoms with van der Waals surface area (Å²) in [6.07, 6.45) is 15.2. The molecule has 0 spiro atoms. The smallest absolute Gasteiger partial charge is 0.119 e. The summed E-state index contributed by atoms with van der Waals surface area (Å²) in [6.45, 7) is 6.06. The molecule has 0 unspecified atom stereocenters. The molecule has 0 amide bonds. The molecule has 0 saturated heterocycles. The Morgan fingerprint density at radius 1 is 0.429 bits per heavy atom. The van der Waals surface area contributed by atoms with Crippen LogP contribution >= 0.6 is 0 Å². The third kappa shape index (κ3) is 10.4. The number of pyridine rings is 1. The van der Waals surface area contributed by atoms with Crippen molar-refractivity contribution in [3.05, 3.63) is 91.0 Å². The van der Waals surface area contributed by atoms with Crippen molar-refractivity contribution in [2.24, 2.45) is 0 Å². The maximum Gasteiger partial charge on any atom is 0.119 e. The summed E-state index contributed by atoms with van der Waals surface area (Å²) in [7, 11) is 0. The summed E-state index contributed by atoms with van der Waals surface area (Å²) >= 11 is 0. The van der Waals surface area contributed by atoms with Gasteiger partial charge in [0.25, 0.3) is 0 Å². The average Bonchev–Trinajstić information content (AvgIpc) is 3.05. The SMILES string of the molecule is CCCCCCCCOc1ccc(-c2cc(-c3ccccc3)cc(-c3ccc(OCCCCCCCC)cc3)n2)cc1. The largest absolute Gasteiger partial charge is 0.494 e. The van der Waals surface area contributed by atoms with E-state index in [9.17, 15) is 0 Å². The van der Waals surface area contributed by atoms with E-state index < -0.39 is 0 Å². The molecule has 4 rings (SSSR count). The van der Waals surface area contributed by atoms with Crippen LogP contribution in [0, 0.1) is 0 Å². The van der Waals surface area contributed by atoms with Crippen LogP contribution in [0.1, 0.15) is 90.9 Å². The fourth-order valence-electron chi connectivity index (χ4n) is 5.21. The van der Waals surface area contributed by atoms with Crippen molar-refractivity contribution >= 4 is 0 Å². The van der Waals surface area contributed by atoms with E-state index in [4.69, 9.17) is 14.5 Å². The third-order valence-electron chi connectivity index (χ3n) is 7.77. The molecule has 42 heavy (non-hydrogen) atoms. The Morgan fingerprint density at radius 2 is 0.857 bits per heavy atom. The number of ether oxygens (including phenoxy) is 2. The lowest BCUT2D eigenvalue weighted by molar-refractivity contribution is 0.304. The van der Waals surface area contributed by atoms with Crippen LogP contribution in [0.4, 0.5) is 0 Å². The Morgan fingerprint density at radius 3 is 1.31 bits per heavy atom. The van der Waals surface area contributed by atoms with Crippen LogP contribution in [0.2, 0.25) is 0 Å². The molecule has 0 bridgehead atoms. The quantitative estimate of drug-likeness (QED) is 0.106. The summed E-state index contributed by atoms with van der Waals surface area (Å²) in [4.78, 5) is 5.10. The second kappa shape index (κ2) is 18.1. The van der Waals surface area contributed by atoms with Crippen molar-refractivity contribution in [3.63, 3.8) is 0 Å². The van der Waals surface area contributed by atoms with Gasteiger partial charge in [0, 0.05) is 11.1 Å². The number of nitrogens with zero attached hydrogens (tertiary/aromatic N) is 1. The van der Waals surface area contributed by atoms with E-state index in [0.717, 1.165) is 65.6 Å². The number of rotatable bonds is 19. The van der Waals surface area contributed by atoms with Crippen LogP contribution < -0.4 is 9.47 Å². The lowest BCUT2D eigenvalue weighted by atomic mass is 10.00. The van der Waals surface area contributed by atoms with Gasteiger partial charge >= 0.3 is 0 Å². The molecule has 3 nitrogen and oxygen atoms in total. The van der Waals surface area contributed by atoms with Gasteiger partial charge in [-0.05, 0) is 84.6 Å². The maximum absolute atomic E-state index is 6.03. The van der Waals surface area contributed by atoms with E-state index in [0.29, 0.717) is 0 Å². The maximum atomic E-state index is 6.03. The van der Waals surface area contributed by atoms with Crippen molar-refractivity contribution in [1.29, 1.82) is 0 Å². The topological polar surface area (TPSA) is 31.4 Å². The van der Waals surface area contributed by atoms with Gasteiger partial charge in [0.2, 0.25) is 0 Å². The van der Waals surface area contributed by atoms with E-state index in [1.54, 1.807) is 0 Å². The predicted molar refractivity (Wildman–Crippen MR) is 178 cm³/mol. The van der Waals surface area contributed by atoms with Crippen LogP contribution in [0.5, 0.6) is 11.5 Å². The molecule has 0 saturated carbocycles. The van der Waals surface area contributed by atoms with Crippen molar-refractivity contribution in [2.75, 3.05) is 13.2 Å². The monoisotopic (exact) mass is 563 g/mol. The lowest BCUT2D eigenvalue weighted by Gasteiger charge is -2.12. The first-order chi connectivity index (χ1) is 20.8. The summed E-state index contributed by atoms with van der Waals surface area (Å²) in [5.41, 5.74) is 6.41. The molecule has 3 heteroatoms. The van der Waals surface area contributed by atoms with Gasteiger partial charge in [-0.2, -0.15) is 0 Å². The zero-order valence-corrected chi connectivity index (χ0v) is 25.8. The van der Waals surface area contributed by atoms with Gasteiger partial charge in [-0.15, -0.1) is 0 Å². The highest BCUT2D eigenvalue weighted by Crippen LogP contribution is 2.31. The second-order valence-corrected chi connectivity index (χ2v) is 11.3. The first-order valence-corrected chi connectivity index (χ1v) is 16.3. The Kier molecular flexibility index (Phi) is 13.5. The molecule has 3 aromatic carbocycles. The van der Waals surface area contributed by atoms with E-state index in [-0.39, 0.29) is 0 Å². The molecule has 1 aromatic heterocycles. The zero-order chi connectivity index (χ0) is 29.2. The molecule has 0 fully saturated rings. The van der Waals surface area contributed by atoms with Crippen LogP contribution in [-0.4, -0.2) is 18.2 Å². The minimum absolute atomic E-state index is 0.774. The lowest BCUT2D eigenvalue weighted by Crippen LogP contribution is -1.98. The minimum atomic E-state index is 0.774. The number of hydrogen-bond donors (Lipinski definition) is 0. The Labute approximate surface area is 254 Å². The van der Waals surface area contributed by atoms with E-state index in [1.165, 1.54) is 69.8 Å². The first-order valence-electron chi connectivity index (χ1n) is 16.3.